The molecule has 0 radical (unpaired) electrons. The standard InChI is InChI=1S/C22H30N2O4/c1-16-19(27-13-3-12-26-2)5-4-18-20(16)17(14-23-18)21(25)28-15-22-6-9-24(10-7-22)11-8-22/h4-5,14,23H,3,6-13,15H2,1-2H3. The molecule has 0 spiro atoms. The second-order valence-electron chi connectivity index (χ2n) is 8.18. The minimum absolute atomic E-state index is 0.182. The monoisotopic (exact) mass is 386 g/mol. The number of hydrogen-bond donors (Lipinski definition) is 1. The summed E-state index contributed by atoms with van der Waals surface area (Å²) in [5.74, 6) is 0.559. The first kappa shape index (κ1) is 19.3. The molecule has 0 saturated carbocycles. The molecule has 5 rings (SSSR count). The van der Waals surface area contributed by atoms with E-state index in [2.05, 4.69) is 9.88 Å². The highest BCUT2D eigenvalue weighted by Crippen LogP contribution is 2.40. The first-order chi connectivity index (χ1) is 13.6. The molecule has 1 N–H and O–H groups in total. The minimum Gasteiger partial charge on any atom is -0.493 e. The Labute approximate surface area is 166 Å². The fraction of sp³-hybridized carbons (Fsp3) is 0.591. The summed E-state index contributed by atoms with van der Waals surface area (Å²) in [6.45, 7) is 7.17. The van der Waals surface area contributed by atoms with Crippen molar-refractivity contribution < 1.29 is 19.0 Å². The number of carbonyl (C=O) groups is 1. The van der Waals surface area contributed by atoms with Crippen LogP contribution in [0.2, 0.25) is 0 Å². The lowest BCUT2D eigenvalue weighted by molar-refractivity contribution is -0.0304. The number of hydrogen-bond acceptors (Lipinski definition) is 5. The molecular formula is C22H30N2O4. The van der Waals surface area contributed by atoms with Crippen molar-refractivity contribution in [1.82, 2.24) is 9.88 Å². The average molecular weight is 386 g/mol. The fourth-order valence-electron chi connectivity index (χ4n) is 4.49. The number of ether oxygens (including phenoxy) is 3. The lowest BCUT2D eigenvalue weighted by Crippen LogP contribution is -2.50. The van der Waals surface area contributed by atoms with E-state index in [-0.39, 0.29) is 11.4 Å². The van der Waals surface area contributed by atoms with Crippen LogP contribution < -0.4 is 4.74 Å². The fourth-order valence-corrected chi connectivity index (χ4v) is 4.49. The normalized spacial score (nSPS) is 23.9. The zero-order valence-corrected chi connectivity index (χ0v) is 16.9. The average Bonchev–Trinajstić information content (AvgIpc) is 3.17. The van der Waals surface area contributed by atoms with Gasteiger partial charge in [0.25, 0.3) is 0 Å². The molecule has 1 aromatic carbocycles. The maximum Gasteiger partial charge on any atom is 0.340 e. The molecule has 1 aromatic heterocycles. The van der Waals surface area contributed by atoms with Crippen molar-refractivity contribution in [1.29, 1.82) is 0 Å². The Morgan fingerprint density at radius 2 is 1.93 bits per heavy atom. The highest BCUT2D eigenvalue weighted by atomic mass is 16.5. The third-order valence-electron chi connectivity index (χ3n) is 6.41. The van der Waals surface area contributed by atoms with Gasteiger partial charge in [0.05, 0.1) is 18.8 Å². The number of methoxy groups -OCH3 is 1. The van der Waals surface area contributed by atoms with Crippen molar-refractivity contribution in [3.63, 3.8) is 0 Å². The Balaban J connectivity index is 1.47. The topological polar surface area (TPSA) is 63.8 Å². The zero-order chi connectivity index (χ0) is 19.6. The Hall–Kier alpha value is -2.05. The number of esters is 1. The van der Waals surface area contributed by atoms with Gasteiger partial charge in [0.1, 0.15) is 5.75 Å². The van der Waals surface area contributed by atoms with Crippen LogP contribution in [0.5, 0.6) is 5.75 Å². The van der Waals surface area contributed by atoms with E-state index >= 15 is 0 Å². The van der Waals surface area contributed by atoms with E-state index in [0.717, 1.165) is 67.5 Å². The largest absolute Gasteiger partial charge is 0.493 e. The molecule has 3 aliphatic heterocycles. The van der Waals surface area contributed by atoms with Gasteiger partial charge in [-0.05, 0) is 58.0 Å². The van der Waals surface area contributed by atoms with E-state index in [0.29, 0.717) is 25.4 Å². The van der Waals surface area contributed by atoms with E-state index in [9.17, 15) is 4.79 Å². The number of carbonyl (C=O) groups excluding carboxylic acids is 1. The first-order valence-corrected chi connectivity index (χ1v) is 10.2. The predicted molar refractivity (Wildman–Crippen MR) is 108 cm³/mol. The molecule has 0 amide bonds. The molecule has 2 aromatic rings. The van der Waals surface area contributed by atoms with Gasteiger partial charge in [-0.1, -0.05) is 0 Å². The predicted octanol–water partition coefficient (Wildman–Crippen LogP) is 3.53. The van der Waals surface area contributed by atoms with E-state index < -0.39 is 0 Å². The van der Waals surface area contributed by atoms with Crippen LogP contribution in [0, 0.1) is 12.3 Å². The number of piperidine rings is 3. The van der Waals surface area contributed by atoms with Crippen molar-refractivity contribution >= 4 is 16.9 Å². The zero-order valence-electron chi connectivity index (χ0n) is 16.9. The Kier molecular flexibility index (Phi) is 5.60. The number of H-pyrrole nitrogens is 1. The summed E-state index contributed by atoms with van der Waals surface area (Å²) in [6, 6.07) is 3.91. The summed E-state index contributed by atoms with van der Waals surface area (Å²) in [7, 11) is 1.69. The van der Waals surface area contributed by atoms with Crippen molar-refractivity contribution in [3.05, 3.63) is 29.5 Å². The van der Waals surface area contributed by atoms with Crippen LogP contribution in [0.4, 0.5) is 0 Å². The number of aromatic amines is 1. The molecule has 2 bridgehead atoms. The van der Waals surface area contributed by atoms with Crippen LogP contribution >= 0.6 is 0 Å². The Morgan fingerprint density at radius 3 is 2.64 bits per heavy atom. The van der Waals surface area contributed by atoms with Crippen LogP contribution in [0.15, 0.2) is 18.3 Å². The molecule has 152 valence electrons. The maximum absolute atomic E-state index is 12.9. The molecular weight excluding hydrogens is 356 g/mol. The van der Waals surface area contributed by atoms with E-state index in [1.54, 1.807) is 13.3 Å². The molecule has 0 atom stereocenters. The summed E-state index contributed by atoms with van der Waals surface area (Å²) in [5, 5.41) is 0.894. The van der Waals surface area contributed by atoms with Gasteiger partial charge in [0.2, 0.25) is 0 Å². The third kappa shape index (κ3) is 3.76. The molecule has 6 nitrogen and oxygen atoms in total. The number of aromatic nitrogens is 1. The molecule has 28 heavy (non-hydrogen) atoms. The quantitative estimate of drug-likeness (QED) is 0.555. The van der Waals surface area contributed by atoms with Gasteiger partial charge >= 0.3 is 5.97 Å². The number of nitrogens with one attached hydrogen (secondary N) is 1. The third-order valence-corrected chi connectivity index (χ3v) is 6.41. The molecule has 3 aliphatic rings. The summed E-state index contributed by atoms with van der Waals surface area (Å²) in [5.41, 5.74) is 2.67. The van der Waals surface area contributed by atoms with Crippen LogP contribution in [0.3, 0.4) is 0 Å². The van der Waals surface area contributed by atoms with Crippen molar-refractivity contribution in [2.75, 3.05) is 46.6 Å². The first-order valence-electron chi connectivity index (χ1n) is 10.2. The van der Waals surface area contributed by atoms with Gasteiger partial charge in [-0.2, -0.15) is 0 Å². The van der Waals surface area contributed by atoms with Crippen molar-refractivity contribution in [2.45, 2.75) is 32.6 Å². The Bertz CT molecular complexity index is 823. The van der Waals surface area contributed by atoms with Gasteiger partial charge in [-0.25, -0.2) is 4.79 Å². The second-order valence-corrected chi connectivity index (χ2v) is 8.18. The number of rotatable bonds is 8. The van der Waals surface area contributed by atoms with Gasteiger partial charge in [0, 0.05) is 48.2 Å². The highest BCUT2D eigenvalue weighted by Gasteiger charge is 2.40. The highest BCUT2D eigenvalue weighted by molar-refractivity contribution is 6.06. The molecule has 3 fully saturated rings. The van der Waals surface area contributed by atoms with Crippen LogP contribution in [-0.4, -0.2) is 62.4 Å². The SMILES string of the molecule is COCCCOc1ccc2[nH]cc(C(=O)OCC34CCN(CC3)CC4)c2c1C. The van der Waals surface area contributed by atoms with Crippen LogP contribution in [-0.2, 0) is 9.47 Å². The van der Waals surface area contributed by atoms with Gasteiger partial charge < -0.3 is 24.1 Å². The van der Waals surface area contributed by atoms with Crippen molar-refractivity contribution in [2.24, 2.45) is 5.41 Å². The molecule has 6 heteroatoms. The van der Waals surface area contributed by atoms with Gasteiger partial charge in [0.15, 0.2) is 0 Å². The smallest absolute Gasteiger partial charge is 0.340 e. The number of aryl methyl sites for hydroxylation is 1. The van der Waals surface area contributed by atoms with E-state index in [1.807, 2.05) is 19.1 Å². The summed E-state index contributed by atoms with van der Waals surface area (Å²) in [6.07, 6.45) is 5.98. The minimum atomic E-state index is -0.242. The van der Waals surface area contributed by atoms with E-state index in [1.165, 1.54) is 0 Å². The summed E-state index contributed by atoms with van der Waals surface area (Å²) >= 11 is 0. The van der Waals surface area contributed by atoms with Gasteiger partial charge in [-0.3, -0.25) is 0 Å². The second kappa shape index (κ2) is 8.13. The van der Waals surface area contributed by atoms with Crippen molar-refractivity contribution in [3.8, 4) is 5.75 Å². The number of fused-ring (bicyclic) bond motifs is 4. The Morgan fingerprint density at radius 1 is 1.18 bits per heavy atom. The van der Waals surface area contributed by atoms with Crippen LogP contribution in [0.25, 0.3) is 10.9 Å². The number of nitrogens with zero attached hydrogens (tertiary/aromatic N) is 1. The summed E-state index contributed by atoms with van der Waals surface area (Å²) in [4.78, 5) is 18.6. The van der Waals surface area contributed by atoms with Gasteiger partial charge in [-0.15, -0.1) is 0 Å². The molecule has 4 heterocycles. The lowest BCUT2D eigenvalue weighted by Gasteiger charge is -2.47. The molecule has 0 unspecified atom stereocenters. The lowest BCUT2D eigenvalue weighted by atomic mass is 9.73. The van der Waals surface area contributed by atoms with E-state index in [4.69, 9.17) is 14.2 Å². The summed E-state index contributed by atoms with van der Waals surface area (Å²) < 4.78 is 16.8. The van der Waals surface area contributed by atoms with Crippen LogP contribution in [0.1, 0.15) is 41.6 Å². The molecule has 0 aliphatic carbocycles. The maximum atomic E-state index is 12.9. The number of benzene rings is 1. The molecule has 3 saturated heterocycles.